The first-order chi connectivity index (χ1) is 8.20. The van der Waals surface area contributed by atoms with Crippen molar-refractivity contribution in [1.29, 1.82) is 0 Å². The molecular weight excluding hydrogens is 228 g/mol. The van der Waals surface area contributed by atoms with Crippen molar-refractivity contribution in [3.05, 3.63) is 45.6 Å². The molecule has 0 aromatic rings. The molecular formula is C16H19Cl. The van der Waals surface area contributed by atoms with Gasteiger partial charge in [-0.2, -0.15) is 0 Å². The molecule has 1 saturated carbocycles. The second-order valence-electron chi connectivity index (χ2n) is 5.32. The first kappa shape index (κ1) is 11.3. The van der Waals surface area contributed by atoms with Crippen LogP contribution in [0.25, 0.3) is 0 Å². The van der Waals surface area contributed by atoms with Crippen LogP contribution in [0, 0.1) is 17.8 Å². The minimum absolute atomic E-state index is 0.606. The molecule has 0 aromatic carbocycles. The van der Waals surface area contributed by atoms with Crippen LogP contribution in [0.2, 0.25) is 0 Å². The fraction of sp³-hybridized carbons (Fsp3) is 0.500. The lowest BCUT2D eigenvalue weighted by molar-refractivity contribution is 0.680. The van der Waals surface area contributed by atoms with E-state index in [0.717, 1.165) is 17.4 Å². The number of rotatable bonds is 2. The highest BCUT2D eigenvalue weighted by Gasteiger charge is 2.60. The van der Waals surface area contributed by atoms with Crippen molar-refractivity contribution in [2.24, 2.45) is 17.8 Å². The highest BCUT2D eigenvalue weighted by molar-refractivity contribution is 6.32. The Labute approximate surface area is 109 Å². The molecule has 90 valence electrons. The predicted molar refractivity (Wildman–Crippen MR) is 73.9 cm³/mol. The number of hydrogen-bond acceptors (Lipinski definition) is 0. The van der Waals surface area contributed by atoms with Crippen LogP contribution >= 0.6 is 11.6 Å². The molecule has 3 aliphatic carbocycles. The average Bonchev–Trinajstić information content (AvgIpc) is 2.85. The summed E-state index contributed by atoms with van der Waals surface area (Å²) >= 11 is 6.49. The molecule has 0 spiro atoms. The maximum atomic E-state index is 6.49. The Morgan fingerprint density at radius 3 is 2.88 bits per heavy atom. The Balaban J connectivity index is 2.11. The first-order valence-corrected chi connectivity index (χ1v) is 7.04. The van der Waals surface area contributed by atoms with Gasteiger partial charge in [-0.25, -0.2) is 0 Å². The van der Waals surface area contributed by atoms with Gasteiger partial charge in [0.15, 0.2) is 0 Å². The molecule has 3 rings (SSSR count). The Morgan fingerprint density at radius 1 is 1.47 bits per heavy atom. The average molecular weight is 247 g/mol. The summed E-state index contributed by atoms with van der Waals surface area (Å²) in [6, 6.07) is 0. The minimum atomic E-state index is 0.606. The molecule has 0 amide bonds. The molecule has 17 heavy (non-hydrogen) atoms. The van der Waals surface area contributed by atoms with E-state index in [9.17, 15) is 0 Å². The molecule has 0 bridgehead atoms. The third kappa shape index (κ3) is 1.43. The topological polar surface area (TPSA) is 0 Å². The third-order valence-corrected chi connectivity index (χ3v) is 4.77. The van der Waals surface area contributed by atoms with E-state index >= 15 is 0 Å². The summed E-state index contributed by atoms with van der Waals surface area (Å²) in [4.78, 5) is 0. The van der Waals surface area contributed by atoms with E-state index in [4.69, 9.17) is 11.6 Å². The summed E-state index contributed by atoms with van der Waals surface area (Å²) < 4.78 is 0. The highest BCUT2D eigenvalue weighted by atomic mass is 35.5. The third-order valence-electron chi connectivity index (χ3n) is 4.44. The van der Waals surface area contributed by atoms with Crippen molar-refractivity contribution < 1.29 is 0 Å². The molecule has 0 aromatic heterocycles. The normalized spacial score (nSPS) is 39.5. The van der Waals surface area contributed by atoms with Gasteiger partial charge in [-0.3, -0.25) is 0 Å². The molecule has 3 unspecified atom stereocenters. The molecule has 1 fully saturated rings. The van der Waals surface area contributed by atoms with Gasteiger partial charge >= 0.3 is 0 Å². The lowest BCUT2D eigenvalue weighted by Gasteiger charge is -2.26. The van der Waals surface area contributed by atoms with Gasteiger partial charge in [0.1, 0.15) is 0 Å². The zero-order valence-electron chi connectivity index (χ0n) is 10.8. The second-order valence-corrected chi connectivity index (χ2v) is 5.73. The summed E-state index contributed by atoms with van der Waals surface area (Å²) in [5, 5.41) is 0.963. The van der Waals surface area contributed by atoms with Crippen molar-refractivity contribution in [2.45, 2.75) is 33.6 Å². The van der Waals surface area contributed by atoms with Crippen LogP contribution in [0.15, 0.2) is 45.6 Å². The van der Waals surface area contributed by atoms with E-state index in [0.29, 0.717) is 11.8 Å². The fourth-order valence-corrected chi connectivity index (χ4v) is 3.97. The van der Waals surface area contributed by atoms with Crippen LogP contribution in [0.4, 0.5) is 0 Å². The van der Waals surface area contributed by atoms with E-state index in [-0.39, 0.29) is 0 Å². The monoisotopic (exact) mass is 246 g/mol. The molecule has 1 heteroatoms. The first-order valence-electron chi connectivity index (χ1n) is 6.66. The van der Waals surface area contributed by atoms with Gasteiger partial charge in [-0.05, 0) is 42.9 Å². The second kappa shape index (κ2) is 3.88. The van der Waals surface area contributed by atoms with Gasteiger partial charge in [-0.1, -0.05) is 48.7 Å². The molecule has 3 atom stereocenters. The number of allylic oxidation sites excluding steroid dienone is 8. The lowest BCUT2D eigenvalue weighted by Crippen LogP contribution is -2.12. The predicted octanol–water partition coefficient (Wildman–Crippen LogP) is 4.99. The van der Waals surface area contributed by atoms with Crippen molar-refractivity contribution in [1.82, 2.24) is 0 Å². The molecule has 0 nitrogen and oxygen atoms in total. The van der Waals surface area contributed by atoms with Gasteiger partial charge < -0.3 is 0 Å². The van der Waals surface area contributed by atoms with E-state index in [2.05, 4.69) is 26.0 Å². The van der Waals surface area contributed by atoms with Gasteiger partial charge in [0.05, 0.1) is 0 Å². The maximum Gasteiger partial charge on any atom is 0.0443 e. The largest absolute Gasteiger partial charge is 0.0862 e. The highest BCUT2D eigenvalue weighted by Crippen LogP contribution is 2.71. The van der Waals surface area contributed by atoms with Crippen LogP contribution in [-0.4, -0.2) is 0 Å². The zero-order valence-corrected chi connectivity index (χ0v) is 11.5. The van der Waals surface area contributed by atoms with Gasteiger partial charge in [0, 0.05) is 16.9 Å². The fourth-order valence-electron chi connectivity index (χ4n) is 3.62. The van der Waals surface area contributed by atoms with Gasteiger partial charge in [0.25, 0.3) is 0 Å². The van der Waals surface area contributed by atoms with Crippen LogP contribution in [0.1, 0.15) is 33.6 Å². The number of fused-ring (bicyclic) bond motifs is 1. The van der Waals surface area contributed by atoms with Gasteiger partial charge in [-0.15, -0.1) is 0 Å². The number of hydrogen-bond donors (Lipinski definition) is 0. The Kier molecular flexibility index (Phi) is 2.59. The van der Waals surface area contributed by atoms with Crippen LogP contribution < -0.4 is 0 Å². The maximum absolute atomic E-state index is 6.49. The molecule has 3 aliphatic rings. The smallest absolute Gasteiger partial charge is 0.0443 e. The summed E-state index contributed by atoms with van der Waals surface area (Å²) in [5.74, 6) is 2.14. The Morgan fingerprint density at radius 2 is 2.24 bits per heavy atom. The van der Waals surface area contributed by atoms with Crippen LogP contribution in [-0.2, 0) is 0 Å². The lowest BCUT2D eigenvalue weighted by atomic mass is 9.79. The van der Waals surface area contributed by atoms with Crippen molar-refractivity contribution in [3.8, 4) is 0 Å². The summed E-state index contributed by atoms with van der Waals surface area (Å²) in [7, 11) is 0. The van der Waals surface area contributed by atoms with Crippen molar-refractivity contribution in [3.63, 3.8) is 0 Å². The molecule has 0 heterocycles. The molecule has 0 saturated heterocycles. The van der Waals surface area contributed by atoms with E-state index < -0.39 is 0 Å². The van der Waals surface area contributed by atoms with E-state index in [1.165, 1.54) is 17.6 Å². The summed E-state index contributed by atoms with van der Waals surface area (Å²) in [6.45, 7) is 6.58. The van der Waals surface area contributed by atoms with Crippen molar-refractivity contribution >= 4 is 11.6 Å². The van der Waals surface area contributed by atoms with Gasteiger partial charge in [0.2, 0.25) is 0 Å². The zero-order chi connectivity index (χ0) is 12.2. The van der Waals surface area contributed by atoms with Crippen LogP contribution in [0.5, 0.6) is 0 Å². The number of halogens is 1. The van der Waals surface area contributed by atoms with E-state index in [1.807, 2.05) is 13.0 Å². The Hall–Kier alpha value is -0.750. The van der Waals surface area contributed by atoms with E-state index in [1.54, 1.807) is 11.1 Å². The molecule has 0 radical (unpaired) electrons. The molecule has 0 aliphatic heterocycles. The quantitative estimate of drug-likeness (QED) is 0.603. The van der Waals surface area contributed by atoms with Crippen molar-refractivity contribution in [2.75, 3.05) is 0 Å². The summed E-state index contributed by atoms with van der Waals surface area (Å²) in [5.41, 5.74) is 6.37. The molecule has 0 N–H and O–H groups in total. The van der Waals surface area contributed by atoms with Crippen LogP contribution in [0.3, 0.4) is 0 Å². The SMILES string of the molecule is C\C=C/C(Cl)=C1\C(=C\CC)C(C)C2=C3C(C2)C31. The Bertz CT molecular complexity index is 488. The summed E-state index contributed by atoms with van der Waals surface area (Å²) in [6.07, 6.45) is 8.90. The standard InChI is InChI=1S/C16H19Cl/c1-4-6-10-9(3)11-8-12-14(11)16(12)15(10)13(17)7-5-2/h5-7,9,12,16H,4,8H2,1-3H3/b7-5-,10-6+,15-13-. The minimum Gasteiger partial charge on any atom is -0.0862 e.